The van der Waals surface area contributed by atoms with Crippen molar-refractivity contribution in [1.82, 2.24) is 0 Å². The van der Waals surface area contributed by atoms with E-state index in [1.165, 1.54) is 12.1 Å². The van der Waals surface area contributed by atoms with E-state index in [2.05, 4.69) is 0 Å². The van der Waals surface area contributed by atoms with E-state index < -0.39 is 16.9 Å². The summed E-state index contributed by atoms with van der Waals surface area (Å²) < 4.78 is 5.27. The highest BCUT2D eigenvalue weighted by molar-refractivity contribution is 6.33. The SMILES string of the molecule is Cc1cc([N+](=O)[O-])cc(Cl)c1N1CCOC(C(N)=O)C1. The molecule has 2 rings (SSSR count). The Morgan fingerprint density at radius 2 is 2.30 bits per heavy atom. The molecule has 1 aliphatic heterocycles. The Labute approximate surface area is 120 Å². The molecule has 1 amide bonds. The number of anilines is 1. The van der Waals surface area contributed by atoms with Gasteiger partial charge in [-0.15, -0.1) is 0 Å². The molecular weight excluding hydrogens is 286 g/mol. The van der Waals surface area contributed by atoms with Gasteiger partial charge in [-0.1, -0.05) is 11.6 Å². The minimum Gasteiger partial charge on any atom is -0.367 e. The first-order valence-corrected chi connectivity index (χ1v) is 6.38. The molecule has 8 heteroatoms. The number of non-ortho nitro benzene ring substituents is 1. The van der Waals surface area contributed by atoms with Gasteiger partial charge < -0.3 is 15.4 Å². The van der Waals surface area contributed by atoms with Crippen LogP contribution in [-0.2, 0) is 9.53 Å². The summed E-state index contributed by atoms with van der Waals surface area (Å²) in [6.45, 7) is 2.92. The number of primary amides is 1. The van der Waals surface area contributed by atoms with Crippen LogP contribution < -0.4 is 10.6 Å². The summed E-state index contributed by atoms with van der Waals surface area (Å²) >= 11 is 6.14. The van der Waals surface area contributed by atoms with Crippen molar-refractivity contribution in [3.8, 4) is 0 Å². The fourth-order valence-corrected chi connectivity index (χ4v) is 2.63. The van der Waals surface area contributed by atoms with Crippen molar-refractivity contribution in [2.24, 2.45) is 5.73 Å². The summed E-state index contributed by atoms with van der Waals surface area (Å²) in [4.78, 5) is 23.3. The maximum Gasteiger partial charge on any atom is 0.271 e. The summed E-state index contributed by atoms with van der Waals surface area (Å²) in [7, 11) is 0. The van der Waals surface area contributed by atoms with Gasteiger partial charge in [0.15, 0.2) is 6.10 Å². The van der Waals surface area contributed by atoms with Crippen LogP contribution in [0.2, 0.25) is 5.02 Å². The number of hydrogen-bond donors (Lipinski definition) is 1. The molecule has 0 radical (unpaired) electrons. The van der Waals surface area contributed by atoms with Crippen LogP contribution >= 0.6 is 11.6 Å². The lowest BCUT2D eigenvalue weighted by atomic mass is 10.1. The quantitative estimate of drug-likeness (QED) is 0.669. The molecule has 0 aliphatic carbocycles. The molecule has 1 aliphatic rings. The Kier molecular flexibility index (Phi) is 4.10. The summed E-state index contributed by atoms with van der Waals surface area (Å²) in [5.74, 6) is -0.537. The van der Waals surface area contributed by atoms with Gasteiger partial charge in [-0.25, -0.2) is 0 Å². The minimum absolute atomic E-state index is 0.0593. The standard InChI is InChI=1S/C12H14ClN3O4/c1-7-4-8(16(18)19)5-9(13)11(7)15-2-3-20-10(6-15)12(14)17/h4-5,10H,2-3,6H2,1H3,(H2,14,17). The highest BCUT2D eigenvalue weighted by Gasteiger charge is 2.27. The number of benzene rings is 1. The van der Waals surface area contributed by atoms with Gasteiger partial charge in [0.2, 0.25) is 5.91 Å². The van der Waals surface area contributed by atoms with E-state index in [0.717, 1.165) is 0 Å². The van der Waals surface area contributed by atoms with Crippen molar-refractivity contribution in [3.05, 3.63) is 32.8 Å². The molecule has 0 bridgehead atoms. The van der Waals surface area contributed by atoms with E-state index in [0.29, 0.717) is 24.4 Å². The lowest BCUT2D eigenvalue weighted by molar-refractivity contribution is -0.384. The van der Waals surface area contributed by atoms with E-state index in [9.17, 15) is 14.9 Å². The molecule has 1 aromatic carbocycles. The zero-order chi connectivity index (χ0) is 14.9. The molecule has 20 heavy (non-hydrogen) atoms. The van der Waals surface area contributed by atoms with Crippen LogP contribution in [0.3, 0.4) is 0 Å². The van der Waals surface area contributed by atoms with Crippen molar-refractivity contribution in [1.29, 1.82) is 0 Å². The molecule has 7 nitrogen and oxygen atoms in total. The number of amides is 1. The van der Waals surface area contributed by atoms with Gasteiger partial charge in [-0.3, -0.25) is 14.9 Å². The zero-order valence-corrected chi connectivity index (χ0v) is 11.6. The first-order chi connectivity index (χ1) is 9.40. The van der Waals surface area contributed by atoms with Crippen LogP contribution in [0.5, 0.6) is 0 Å². The molecule has 0 aromatic heterocycles. The largest absolute Gasteiger partial charge is 0.367 e. The summed E-state index contributed by atoms with van der Waals surface area (Å²) in [6, 6.07) is 2.76. The topological polar surface area (TPSA) is 98.7 Å². The number of hydrogen-bond acceptors (Lipinski definition) is 5. The van der Waals surface area contributed by atoms with Gasteiger partial charge in [0.25, 0.3) is 5.69 Å². The van der Waals surface area contributed by atoms with Crippen molar-refractivity contribution < 1.29 is 14.5 Å². The second-order valence-electron chi connectivity index (χ2n) is 4.56. The number of rotatable bonds is 3. The normalized spacial score (nSPS) is 18.9. The predicted molar refractivity (Wildman–Crippen MR) is 74.0 cm³/mol. The van der Waals surface area contributed by atoms with Crippen LogP contribution in [0.25, 0.3) is 0 Å². The smallest absolute Gasteiger partial charge is 0.271 e. The highest BCUT2D eigenvalue weighted by Crippen LogP contribution is 2.34. The van der Waals surface area contributed by atoms with E-state index in [-0.39, 0.29) is 17.3 Å². The van der Waals surface area contributed by atoms with Crippen LogP contribution in [0.1, 0.15) is 5.56 Å². The number of nitrogens with two attached hydrogens (primary N) is 1. The number of nitro benzene ring substituents is 1. The molecule has 1 saturated heterocycles. The van der Waals surface area contributed by atoms with Gasteiger partial charge in [0.05, 0.1) is 28.8 Å². The van der Waals surface area contributed by atoms with Crippen molar-refractivity contribution >= 4 is 28.9 Å². The molecule has 0 saturated carbocycles. The van der Waals surface area contributed by atoms with Gasteiger partial charge in [0, 0.05) is 18.7 Å². The lowest BCUT2D eigenvalue weighted by Gasteiger charge is -2.34. The number of nitro groups is 1. The summed E-state index contributed by atoms with van der Waals surface area (Å²) in [6.07, 6.45) is -0.700. The van der Waals surface area contributed by atoms with Crippen LogP contribution in [0.4, 0.5) is 11.4 Å². The second-order valence-corrected chi connectivity index (χ2v) is 4.97. The van der Waals surface area contributed by atoms with E-state index in [1.54, 1.807) is 6.92 Å². The van der Waals surface area contributed by atoms with Crippen molar-refractivity contribution in [3.63, 3.8) is 0 Å². The lowest BCUT2D eigenvalue weighted by Crippen LogP contribution is -2.48. The Bertz CT molecular complexity index is 541. The second kappa shape index (κ2) is 5.64. The Balaban J connectivity index is 2.33. The first kappa shape index (κ1) is 14.5. The third kappa shape index (κ3) is 2.83. The maximum absolute atomic E-state index is 11.2. The van der Waals surface area contributed by atoms with Crippen LogP contribution in [-0.4, -0.2) is 36.6 Å². The number of morpholine rings is 1. The summed E-state index contributed by atoms with van der Waals surface area (Å²) in [5.41, 5.74) is 6.52. The molecule has 0 spiro atoms. The molecule has 1 heterocycles. The molecular formula is C12H14ClN3O4. The maximum atomic E-state index is 11.2. The number of carbonyl (C=O) groups excluding carboxylic acids is 1. The van der Waals surface area contributed by atoms with Crippen LogP contribution in [0.15, 0.2) is 12.1 Å². The van der Waals surface area contributed by atoms with Gasteiger partial charge in [-0.05, 0) is 12.5 Å². The fourth-order valence-electron chi connectivity index (χ4n) is 2.25. The number of ether oxygens (including phenoxy) is 1. The van der Waals surface area contributed by atoms with Gasteiger partial charge >= 0.3 is 0 Å². The Morgan fingerprint density at radius 3 is 2.85 bits per heavy atom. The van der Waals surface area contributed by atoms with Crippen molar-refractivity contribution in [2.45, 2.75) is 13.0 Å². The highest BCUT2D eigenvalue weighted by atomic mass is 35.5. The molecule has 1 atom stereocenters. The fraction of sp³-hybridized carbons (Fsp3) is 0.417. The zero-order valence-electron chi connectivity index (χ0n) is 10.8. The number of halogens is 1. The van der Waals surface area contributed by atoms with E-state index in [1.807, 2.05) is 4.90 Å². The third-order valence-corrected chi connectivity index (χ3v) is 3.44. The summed E-state index contributed by atoms with van der Waals surface area (Å²) in [5, 5.41) is 11.1. The van der Waals surface area contributed by atoms with Crippen LogP contribution in [0, 0.1) is 17.0 Å². The van der Waals surface area contributed by atoms with E-state index >= 15 is 0 Å². The first-order valence-electron chi connectivity index (χ1n) is 6.00. The number of nitrogens with zero attached hydrogens (tertiary/aromatic N) is 2. The monoisotopic (exact) mass is 299 g/mol. The number of carbonyl (C=O) groups is 1. The van der Waals surface area contributed by atoms with Crippen molar-refractivity contribution in [2.75, 3.05) is 24.6 Å². The average Bonchev–Trinajstić information content (AvgIpc) is 2.38. The predicted octanol–water partition coefficient (Wildman–Crippen LogP) is 1.25. The molecule has 1 unspecified atom stereocenters. The molecule has 1 aromatic rings. The third-order valence-electron chi connectivity index (χ3n) is 3.15. The molecule has 1 fully saturated rings. The minimum atomic E-state index is -0.700. The van der Waals surface area contributed by atoms with Gasteiger partial charge in [0.1, 0.15) is 0 Å². The van der Waals surface area contributed by atoms with E-state index in [4.69, 9.17) is 22.1 Å². The molecule has 108 valence electrons. The Hall–Kier alpha value is -1.86. The Morgan fingerprint density at radius 1 is 1.60 bits per heavy atom. The number of aryl methyl sites for hydroxylation is 1. The molecule has 2 N–H and O–H groups in total. The average molecular weight is 300 g/mol. The van der Waals surface area contributed by atoms with Gasteiger partial charge in [-0.2, -0.15) is 0 Å².